The number of ketones is 1. The molecule has 0 amide bonds. The molecule has 12 heteroatoms. The van der Waals surface area contributed by atoms with Gasteiger partial charge in [-0.15, -0.1) is 0 Å². The summed E-state index contributed by atoms with van der Waals surface area (Å²) in [5, 5.41) is 44.4. The van der Waals surface area contributed by atoms with Crippen molar-refractivity contribution in [1.82, 2.24) is 0 Å². The molecule has 0 saturated heterocycles. The number of aliphatic carboxylic acids is 5. The third-order valence-corrected chi connectivity index (χ3v) is 0. The largest absolute Gasteiger partial charge is 0.550 e. The van der Waals surface area contributed by atoms with Crippen LogP contribution in [0.3, 0.4) is 0 Å². The predicted molar refractivity (Wildman–Crippen MR) is 69.8 cm³/mol. The first-order chi connectivity index (χ1) is 10.4. The first kappa shape index (κ1) is 43.3. The van der Waals surface area contributed by atoms with E-state index in [1.807, 2.05) is 0 Å². The molecule has 0 unspecified atom stereocenters. The molecule has 0 heterocycles. The van der Waals surface area contributed by atoms with Gasteiger partial charge in [0.15, 0.2) is 0 Å². The fourth-order valence-corrected chi connectivity index (χ4v) is 0. The molecule has 11 nitrogen and oxygen atoms in total. The summed E-state index contributed by atoms with van der Waals surface area (Å²) >= 11 is 0. The van der Waals surface area contributed by atoms with Gasteiger partial charge in [-0.1, -0.05) is 0 Å². The normalized spacial score (nSPS) is 6.04. The zero-order valence-corrected chi connectivity index (χ0v) is 16.3. The average Bonchev–Trinajstić information content (AvgIpc) is 2.08. The second-order valence-electron chi connectivity index (χ2n) is 3.37. The van der Waals surface area contributed by atoms with Crippen LogP contribution in [0.4, 0.5) is 0 Å². The molecule has 0 aliphatic rings. The molecule has 0 aromatic rings. The van der Waals surface area contributed by atoms with Crippen LogP contribution in [-0.2, 0) is 47.3 Å². The number of Topliss-reactive ketones (excluding diaryl/α,β-unsaturated/α-hetero) is 1. The molecule has 0 aliphatic carbocycles. The molecule has 0 aromatic heterocycles. The molecule has 149 valence electrons. The molecule has 0 fully saturated rings. The summed E-state index contributed by atoms with van der Waals surface area (Å²) in [5.41, 5.74) is 0. The molecule has 0 saturated carbocycles. The smallest absolute Gasteiger partial charge is 0.126 e. The van der Waals surface area contributed by atoms with Gasteiger partial charge in [0.25, 0.3) is 0 Å². The number of hydrogen-bond acceptors (Lipinski definition) is 11. The van der Waals surface area contributed by atoms with E-state index in [2.05, 4.69) is 0 Å². The van der Waals surface area contributed by atoms with Gasteiger partial charge in [0.2, 0.25) is 0 Å². The van der Waals surface area contributed by atoms with Crippen LogP contribution in [0.1, 0.15) is 48.5 Å². The SMILES string of the molecule is CC(=O)[O-].CC(=O)[O-].CC(=O)[O-].CC(=O)[O-].CC(=O)[O-].CC(C)=O.[V]. The maximum Gasteiger partial charge on any atom is 0.126 e. The summed E-state index contributed by atoms with van der Waals surface area (Å²) < 4.78 is 0. The van der Waals surface area contributed by atoms with Crippen LogP contribution in [0.5, 0.6) is 0 Å². The van der Waals surface area contributed by atoms with Gasteiger partial charge < -0.3 is 54.3 Å². The molecule has 0 atom stereocenters. The first-order valence-corrected chi connectivity index (χ1v) is 5.75. The maximum absolute atomic E-state index is 9.44. The van der Waals surface area contributed by atoms with Gasteiger partial charge in [0, 0.05) is 48.4 Å². The first-order valence-electron chi connectivity index (χ1n) is 5.75. The quantitative estimate of drug-likeness (QED) is 0.370. The van der Waals surface area contributed by atoms with Crippen LogP contribution in [0, 0.1) is 0 Å². The van der Waals surface area contributed by atoms with Crippen LogP contribution in [0.15, 0.2) is 0 Å². The van der Waals surface area contributed by atoms with E-state index in [1.165, 1.54) is 13.8 Å². The van der Waals surface area contributed by atoms with Crippen molar-refractivity contribution in [2.45, 2.75) is 48.5 Å². The molecule has 0 aromatic carbocycles. The van der Waals surface area contributed by atoms with Crippen molar-refractivity contribution in [3.8, 4) is 0 Å². The van der Waals surface area contributed by atoms with Gasteiger partial charge in [-0.25, -0.2) is 0 Å². The fraction of sp³-hybridized carbons (Fsp3) is 0.538. The molecule has 0 N–H and O–H groups in total. The van der Waals surface area contributed by atoms with Crippen LogP contribution in [0.25, 0.3) is 0 Å². The van der Waals surface area contributed by atoms with Crippen molar-refractivity contribution < 1.29 is 72.9 Å². The van der Waals surface area contributed by atoms with Crippen LogP contribution in [-0.4, -0.2) is 35.6 Å². The van der Waals surface area contributed by atoms with Crippen molar-refractivity contribution in [3.63, 3.8) is 0 Å². The molecule has 0 spiro atoms. The number of carbonyl (C=O) groups excluding carboxylic acids is 6. The van der Waals surface area contributed by atoms with E-state index in [0.29, 0.717) is 0 Å². The minimum atomic E-state index is -1.08. The predicted octanol–water partition coefficient (Wildman–Crippen LogP) is -5.63. The second-order valence-corrected chi connectivity index (χ2v) is 3.37. The third kappa shape index (κ3) is 1450. The number of hydrogen-bond donors (Lipinski definition) is 0. The van der Waals surface area contributed by atoms with Gasteiger partial charge in [-0.05, 0) is 48.5 Å². The Labute approximate surface area is 157 Å². The fourth-order valence-electron chi connectivity index (χ4n) is 0. The van der Waals surface area contributed by atoms with Crippen molar-refractivity contribution in [2.24, 2.45) is 0 Å². The Morgan fingerprint density at radius 1 is 0.400 bits per heavy atom. The minimum absolute atomic E-state index is 0. The van der Waals surface area contributed by atoms with E-state index in [9.17, 15) is 4.79 Å². The number of carbonyl (C=O) groups is 6. The van der Waals surface area contributed by atoms with Gasteiger partial charge >= 0.3 is 0 Å². The van der Waals surface area contributed by atoms with E-state index in [-0.39, 0.29) is 24.3 Å². The Bertz CT molecular complexity index is 261. The molecule has 0 rings (SSSR count). The van der Waals surface area contributed by atoms with Crippen molar-refractivity contribution >= 4 is 35.6 Å². The zero-order chi connectivity index (χ0) is 21.5. The summed E-state index contributed by atoms with van der Waals surface area (Å²) in [7, 11) is 0. The number of rotatable bonds is 0. The molecule has 0 bridgehead atoms. The number of carboxylic acid groups (broad SMARTS) is 5. The van der Waals surface area contributed by atoms with E-state index in [1.54, 1.807) is 0 Å². The third-order valence-electron chi connectivity index (χ3n) is 0. The summed E-state index contributed by atoms with van der Waals surface area (Å²) in [6.07, 6.45) is 0. The van der Waals surface area contributed by atoms with Gasteiger partial charge in [0.1, 0.15) is 5.78 Å². The standard InChI is InChI=1S/C3H6O.5C2H4O2.V/c1-3(2)4;5*1-2(3)4;/h1-2H3;5*1H3,(H,3,4);/p-5. The average molecular weight is 404 g/mol. The summed E-state index contributed by atoms with van der Waals surface area (Å²) in [6, 6.07) is 0. The van der Waals surface area contributed by atoms with Crippen LogP contribution >= 0.6 is 0 Å². The van der Waals surface area contributed by atoms with Crippen molar-refractivity contribution in [3.05, 3.63) is 0 Å². The Hall–Kier alpha value is -2.40. The Balaban J connectivity index is -0.0000000309. The monoisotopic (exact) mass is 404 g/mol. The molecule has 25 heavy (non-hydrogen) atoms. The van der Waals surface area contributed by atoms with Gasteiger partial charge in [-0.3, -0.25) is 0 Å². The van der Waals surface area contributed by atoms with Crippen molar-refractivity contribution in [2.75, 3.05) is 0 Å². The van der Waals surface area contributed by atoms with Crippen LogP contribution in [0.2, 0.25) is 0 Å². The zero-order valence-electron chi connectivity index (χ0n) is 14.9. The van der Waals surface area contributed by atoms with E-state index in [0.717, 1.165) is 34.6 Å². The second kappa shape index (κ2) is 37.7. The van der Waals surface area contributed by atoms with Gasteiger partial charge in [0.05, 0.1) is 0 Å². The van der Waals surface area contributed by atoms with E-state index < -0.39 is 29.8 Å². The topological polar surface area (TPSA) is 218 Å². The molecular weight excluding hydrogens is 383 g/mol. The Morgan fingerprint density at radius 2 is 0.400 bits per heavy atom. The van der Waals surface area contributed by atoms with Crippen molar-refractivity contribution in [1.29, 1.82) is 0 Å². The summed E-state index contributed by atoms with van der Waals surface area (Å²) in [4.78, 5) is 53.9. The minimum Gasteiger partial charge on any atom is -0.550 e. The maximum atomic E-state index is 9.44. The summed E-state index contributed by atoms with van der Waals surface area (Å²) in [5.74, 6) is -5.25. The summed E-state index contributed by atoms with van der Waals surface area (Å²) in [6.45, 7) is 7.92. The number of carboxylic acids is 5. The molecular formula is C13H21O11V-5. The van der Waals surface area contributed by atoms with Crippen LogP contribution < -0.4 is 25.5 Å². The van der Waals surface area contributed by atoms with E-state index in [4.69, 9.17) is 49.5 Å². The van der Waals surface area contributed by atoms with E-state index >= 15 is 0 Å². The molecule has 1 radical (unpaired) electrons. The Morgan fingerprint density at radius 3 is 0.400 bits per heavy atom. The van der Waals surface area contributed by atoms with Gasteiger partial charge in [-0.2, -0.15) is 0 Å². The Kier molecular flexibility index (Phi) is 65.3. The molecule has 0 aliphatic heterocycles.